The van der Waals surface area contributed by atoms with Crippen LogP contribution in [-0.4, -0.2) is 17.3 Å². The van der Waals surface area contributed by atoms with Crippen LogP contribution in [0.5, 0.6) is 0 Å². The molecule has 0 radical (unpaired) electrons. The topological polar surface area (TPSA) is 29.1 Å². The van der Waals surface area contributed by atoms with Crippen LogP contribution < -0.4 is 5.32 Å². The van der Waals surface area contributed by atoms with Gasteiger partial charge in [0, 0.05) is 15.8 Å². The summed E-state index contributed by atoms with van der Waals surface area (Å²) in [6, 6.07) is 5.96. The van der Waals surface area contributed by atoms with Crippen LogP contribution in [0.15, 0.2) is 22.7 Å². The number of benzene rings is 1. The van der Waals surface area contributed by atoms with Gasteiger partial charge >= 0.3 is 0 Å². The van der Waals surface area contributed by atoms with Crippen LogP contribution in [0.3, 0.4) is 0 Å². The van der Waals surface area contributed by atoms with E-state index in [4.69, 9.17) is 0 Å². The van der Waals surface area contributed by atoms with E-state index >= 15 is 0 Å². The molecule has 0 aliphatic rings. The van der Waals surface area contributed by atoms with E-state index in [9.17, 15) is 4.79 Å². The summed E-state index contributed by atoms with van der Waals surface area (Å²) in [6.45, 7) is 4.07. The number of nitrogens with one attached hydrogen (secondary N) is 1. The van der Waals surface area contributed by atoms with Crippen LogP contribution in [0.25, 0.3) is 0 Å². The third-order valence-corrected chi connectivity index (χ3v) is 4.23. The molecule has 4 heteroatoms. The monoisotopic (exact) mass is 361 g/mol. The van der Waals surface area contributed by atoms with Gasteiger partial charge in [0.05, 0.1) is 5.56 Å². The summed E-state index contributed by atoms with van der Waals surface area (Å²) >= 11 is 6.86. The first-order chi connectivity index (χ1) is 8.10. The van der Waals surface area contributed by atoms with E-state index in [1.54, 1.807) is 0 Å². The van der Waals surface area contributed by atoms with Gasteiger partial charge in [0.15, 0.2) is 0 Å². The van der Waals surface area contributed by atoms with Crippen molar-refractivity contribution in [2.75, 3.05) is 5.33 Å². The molecule has 0 aromatic heterocycles. The van der Waals surface area contributed by atoms with Crippen LogP contribution >= 0.6 is 31.9 Å². The maximum atomic E-state index is 12.1. The molecule has 1 N–H and O–H groups in total. The lowest BCUT2D eigenvalue weighted by atomic mass is 10.1. The largest absolute Gasteiger partial charge is 0.349 e. The van der Waals surface area contributed by atoms with Gasteiger partial charge in [-0.05, 0) is 47.3 Å². The minimum atomic E-state index is -0.00613. The van der Waals surface area contributed by atoms with Crippen molar-refractivity contribution in [3.05, 3.63) is 33.8 Å². The number of aryl methyl sites for hydroxylation is 1. The Labute approximate surface area is 119 Å². The Kier molecular flexibility index (Phi) is 6.20. The predicted octanol–water partition coefficient (Wildman–Crippen LogP) is 4.05. The lowest BCUT2D eigenvalue weighted by Gasteiger charge is -2.16. The molecule has 0 heterocycles. The predicted molar refractivity (Wildman–Crippen MR) is 78.8 cm³/mol. The Balaban J connectivity index is 2.79. The molecule has 0 saturated carbocycles. The minimum absolute atomic E-state index is 0.00613. The third-order valence-electron chi connectivity index (χ3n) is 2.72. The van der Waals surface area contributed by atoms with E-state index < -0.39 is 0 Å². The zero-order valence-electron chi connectivity index (χ0n) is 10.1. The molecule has 0 saturated heterocycles. The third kappa shape index (κ3) is 4.11. The Morgan fingerprint density at radius 3 is 2.76 bits per heavy atom. The number of alkyl halides is 1. The summed E-state index contributed by atoms with van der Waals surface area (Å²) < 4.78 is 0.881. The average molecular weight is 363 g/mol. The van der Waals surface area contributed by atoms with E-state index in [2.05, 4.69) is 44.1 Å². The summed E-state index contributed by atoms with van der Waals surface area (Å²) in [4.78, 5) is 12.1. The SMILES string of the molecule is CCC(CCBr)NC(=O)c1cccc(C)c1Br. The lowest BCUT2D eigenvalue weighted by Crippen LogP contribution is -2.34. The van der Waals surface area contributed by atoms with Crippen molar-refractivity contribution in [3.63, 3.8) is 0 Å². The number of carbonyl (C=O) groups is 1. The molecule has 1 amide bonds. The molecular weight excluding hydrogens is 346 g/mol. The molecule has 1 unspecified atom stereocenters. The molecule has 1 rings (SSSR count). The van der Waals surface area contributed by atoms with Gasteiger partial charge in [-0.1, -0.05) is 35.0 Å². The highest BCUT2D eigenvalue weighted by molar-refractivity contribution is 9.10. The Morgan fingerprint density at radius 2 is 2.18 bits per heavy atom. The van der Waals surface area contributed by atoms with Gasteiger partial charge in [-0.15, -0.1) is 0 Å². The number of amides is 1. The molecule has 0 aliphatic heterocycles. The first-order valence-corrected chi connectivity index (χ1v) is 7.63. The average Bonchev–Trinajstić information content (AvgIpc) is 2.31. The Morgan fingerprint density at radius 1 is 1.47 bits per heavy atom. The van der Waals surface area contributed by atoms with E-state index in [1.807, 2.05) is 25.1 Å². The molecule has 0 aliphatic carbocycles. The van der Waals surface area contributed by atoms with Crippen molar-refractivity contribution in [2.24, 2.45) is 0 Å². The highest BCUT2D eigenvalue weighted by atomic mass is 79.9. The lowest BCUT2D eigenvalue weighted by molar-refractivity contribution is 0.0934. The smallest absolute Gasteiger partial charge is 0.252 e. The van der Waals surface area contributed by atoms with Crippen molar-refractivity contribution < 1.29 is 4.79 Å². The van der Waals surface area contributed by atoms with Crippen LogP contribution in [-0.2, 0) is 0 Å². The molecule has 1 aromatic carbocycles. The number of hydrogen-bond donors (Lipinski definition) is 1. The normalized spacial score (nSPS) is 12.2. The highest BCUT2D eigenvalue weighted by Crippen LogP contribution is 2.21. The van der Waals surface area contributed by atoms with Crippen LogP contribution in [0.2, 0.25) is 0 Å². The molecule has 17 heavy (non-hydrogen) atoms. The van der Waals surface area contributed by atoms with Crippen molar-refractivity contribution >= 4 is 37.8 Å². The standard InChI is InChI=1S/C13H17Br2NO/c1-3-10(7-8-14)16-13(17)11-6-4-5-9(2)12(11)15/h4-6,10H,3,7-8H2,1-2H3,(H,16,17). The van der Waals surface area contributed by atoms with Crippen molar-refractivity contribution in [2.45, 2.75) is 32.7 Å². The molecule has 2 nitrogen and oxygen atoms in total. The second-order valence-corrected chi connectivity index (χ2v) is 5.58. The van der Waals surface area contributed by atoms with Crippen molar-refractivity contribution in [1.29, 1.82) is 0 Å². The molecule has 94 valence electrons. The quantitative estimate of drug-likeness (QED) is 0.786. The second kappa shape index (κ2) is 7.17. The van der Waals surface area contributed by atoms with Crippen LogP contribution in [0, 0.1) is 6.92 Å². The zero-order chi connectivity index (χ0) is 12.8. The first-order valence-electron chi connectivity index (χ1n) is 5.72. The highest BCUT2D eigenvalue weighted by Gasteiger charge is 2.14. The number of halogens is 2. The minimum Gasteiger partial charge on any atom is -0.349 e. The molecular formula is C13H17Br2NO. The van der Waals surface area contributed by atoms with Gasteiger partial charge in [-0.25, -0.2) is 0 Å². The van der Waals surface area contributed by atoms with Crippen LogP contribution in [0.4, 0.5) is 0 Å². The van der Waals surface area contributed by atoms with Crippen molar-refractivity contribution in [1.82, 2.24) is 5.32 Å². The summed E-state index contributed by atoms with van der Waals surface area (Å²) in [6.07, 6.45) is 1.90. The van der Waals surface area contributed by atoms with E-state index in [1.165, 1.54) is 0 Å². The van der Waals surface area contributed by atoms with Crippen molar-refractivity contribution in [3.8, 4) is 0 Å². The van der Waals surface area contributed by atoms with Gasteiger partial charge in [-0.3, -0.25) is 4.79 Å². The maximum Gasteiger partial charge on any atom is 0.252 e. The number of rotatable bonds is 5. The fraction of sp³-hybridized carbons (Fsp3) is 0.462. The van der Waals surface area contributed by atoms with Gasteiger partial charge in [0.25, 0.3) is 5.91 Å². The summed E-state index contributed by atoms with van der Waals surface area (Å²) in [7, 11) is 0. The fourth-order valence-electron chi connectivity index (χ4n) is 1.60. The van der Waals surface area contributed by atoms with E-state index in [0.717, 1.165) is 28.2 Å². The first kappa shape index (κ1) is 14.7. The fourth-order valence-corrected chi connectivity index (χ4v) is 2.59. The summed E-state index contributed by atoms with van der Waals surface area (Å²) in [5, 5.41) is 3.96. The van der Waals surface area contributed by atoms with Crippen LogP contribution in [0.1, 0.15) is 35.7 Å². The zero-order valence-corrected chi connectivity index (χ0v) is 13.3. The molecule has 0 spiro atoms. The van der Waals surface area contributed by atoms with E-state index in [0.29, 0.717) is 5.56 Å². The molecule has 0 bridgehead atoms. The second-order valence-electron chi connectivity index (χ2n) is 3.99. The Hall–Kier alpha value is -0.350. The summed E-state index contributed by atoms with van der Waals surface area (Å²) in [5.74, 6) is -0.00613. The van der Waals surface area contributed by atoms with Gasteiger partial charge in [0.2, 0.25) is 0 Å². The summed E-state index contributed by atoms with van der Waals surface area (Å²) in [5.41, 5.74) is 1.78. The van der Waals surface area contributed by atoms with E-state index in [-0.39, 0.29) is 11.9 Å². The number of carbonyl (C=O) groups excluding carboxylic acids is 1. The number of hydrogen-bond acceptors (Lipinski definition) is 1. The van der Waals surface area contributed by atoms with Gasteiger partial charge < -0.3 is 5.32 Å². The molecule has 1 aromatic rings. The molecule has 1 atom stereocenters. The Bertz CT molecular complexity index is 393. The molecule has 0 fully saturated rings. The van der Waals surface area contributed by atoms with Gasteiger partial charge in [0.1, 0.15) is 0 Å². The maximum absolute atomic E-state index is 12.1. The van der Waals surface area contributed by atoms with Gasteiger partial charge in [-0.2, -0.15) is 0 Å².